The number of esters is 4. The van der Waals surface area contributed by atoms with Gasteiger partial charge in [-0.25, -0.2) is 28.0 Å². The Morgan fingerprint density at radius 3 is 1.26 bits per heavy atom. The zero-order chi connectivity index (χ0) is 101. The number of rotatable bonds is 49. The topological polar surface area (TPSA) is 173 Å². The molecule has 742 valence electrons. The first kappa shape index (κ1) is 113. The number of benzene rings is 12. The Labute approximate surface area is 838 Å². The van der Waals surface area contributed by atoms with Crippen LogP contribution in [0.5, 0.6) is 28.7 Å². The third-order valence-corrected chi connectivity index (χ3v) is 24.4. The van der Waals surface area contributed by atoms with Gasteiger partial charge in [0, 0.05) is 42.1 Å². The van der Waals surface area contributed by atoms with Crippen molar-refractivity contribution in [3.63, 3.8) is 0 Å². The lowest BCUT2D eigenvalue weighted by Crippen LogP contribution is -2.10. The molecular weight excluding hydrogens is 1760 g/mol. The molecule has 0 saturated carbocycles. The molecule has 0 aromatic heterocycles. The highest BCUT2D eigenvalue weighted by atomic mass is 19.1. The molecule has 0 saturated heterocycles. The van der Waals surface area contributed by atoms with Crippen LogP contribution in [0, 0.1) is 37.3 Å². The minimum atomic E-state index is -0.522. The Morgan fingerprint density at radius 1 is 0.369 bits per heavy atom. The van der Waals surface area contributed by atoms with E-state index in [1.807, 2.05) is 117 Å². The molecule has 0 heterocycles. The van der Waals surface area contributed by atoms with E-state index in [2.05, 4.69) is 201 Å². The first-order valence-corrected chi connectivity index (χ1v) is 50.2. The van der Waals surface area contributed by atoms with Crippen LogP contribution in [-0.4, -0.2) is 60.5 Å². The molecule has 0 bridgehead atoms. The number of halogens is 2. The zero-order valence-corrected chi connectivity index (χ0v) is 84.6. The van der Waals surface area contributed by atoms with Gasteiger partial charge in [0.05, 0.1) is 13.2 Å². The number of aliphatic hydroxyl groups excluding tert-OH is 2. The molecule has 13 nitrogen and oxygen atoms in total. The van der Waals surface area contributed by atoms with Gasteiger partial charge < -0.3 is 43.4 Å². The summed E-state index contributed by atoms with van der Waals surface area (Å²) >= 11 is 0. The molecule has 0 aliphatic heterocycles. The predicted molar refractivity (Wildman–Crippen MR) is 575 cm³/mol. The molecule has 2 atom stereocenters. The standard InChI is InChI=1S/C35H42O5.C30H33FO2.C29H36O2.C18H17FO2.C14H18O2/c1-5-7-8-9-28-10-12-29(13-11-28)30-14-16-31(17-15-30)32-18-19-33(38-21-20-27(6-2)25-36)34(24-32)39-22-23-40-35(37)26(3)4;1-4-6-7-9-23-10-14-25(15-11-23)27-18-19-28(29(31)20-27)26-16-12-24(13-17-26)21-33-30(32)22(3)8-5-2;1-3-5-6-7-24-8-10-25(11-9-24)26-12-14-27(15-13-26)28-16-18-29(19-17-28)31-21-20-23(4-2)22-30;1-3-18(20)21-16-10-8-14(9-11-16)6-7-15-5-4-13(2)17(19)12-15;1-4-6-7-12-9-8-11(3)10-13(12)16-14(15)5-2/h10-19,22-24,27,36H,3,5-9,20-21,25H2,1-2,4H3;10-20H,3-9,21H2,1-2H3;8-19,23,30H,3-7,20-22H2,1-2H3;3-5,8-12H,1,6-7H2,2H3;5,8-10H,2,4,6-7H2,1,3H3/b23-22+;;;;. The number of ether oxygens (including phenoxy) is 7. The second-order valence-electron chi connectivity index (χ2n) is 35.6. The van der Waals surface area contributed by atoms with Crippen LogP contribution in [0.15, 0.2) is 329 Å². The maximum atomic E-state index is 14.9. The van der Waals surface area contributed by atoms with Crippen LogP contribution in [0.2, 0.25) is 0 Å². The lowest BCUT2D eigenvalue weighted by Gasteiger charge is -2.15. The van der Waals surface area contributed by atoms with Crippen molar-refractivity contribution in [1.82, 2.24) is 0 Å². The Morgan fingerprint density at radius 2 is 0.787 bits per heavy atom. The van der Waals surface area contributed by atoms with Crippen molar-refractivity contribution in [3.8, 4) is 95.5 Å². The highest BCUT2D eigenvalue weighted by Crippen LogP contribution is 2.37. The fourth-order valence-electron chi connectivity index (χ4n) is 15.3. The SMILES string of the molecule is C=C(C)C(=O)O/C=C/Oc1cc(-c2ccc(-c3ccc(CCCCC)cc3)cc2)ccc1OCCC(CC)CO.C=C(CCC)C(=O)OCc1ccc(-c2ccc(-c3ccc(CCCCC)cc3)cc2F)cc1.C=CC(=O)Oc1cc(C)ccc1CCCC.C=CC(=O)Oc1ccc(CCc2ccc(C)c(F)c2)cc1.CCCCCc1ccc(-c2ccc(-c3ccc(OCCC(CC)CO)cc3)cc2)cc1. The molecule has 0 amide bonds. The van der Waals surface area contributed by atoms with Crippen molar-refractivity contribution in [1.29, 1.82) is 0 Å². The van der Waals surface area contributed by atoms with Gasteiger partial charge >= 0.3 is 23.9 Å². The lowest BCUT2D eigenvalue weighted by atomic mass is 9.97. The van der Waals surface area contributed by atoms with Crippen molar-refractivity contribution < 1.29 is 71.3 Å². The molecule has 141 heavy (non-hydrogen) atoms. The molecule has 15 heteroatoms. The molecule has 12 rings (SSSR count). The highest BCUT2D eigenvalue weighted by molar-refractivity contribution is 5.88. The van der Waals surface area contributed by atoms with Crippen LogP contribution in [0.3, 0.4) is 0 Å². The summed E-state index contributed by atoms with van der Waals surface area (Å²) in [5.74, 6) is 1.45. The molecule has 0 aliphatic rings. The number of hydrogen-bond donors (Lipinski definition) is 2. The fourth-order valence-corrected chi connectivity index (χ4v) is 15.3. The van der Waals surface area contributed by atoms with E-state index in [9.17, 15) is 38.2 Å². The number of aryl methyl sites for hydroxylation is 8. The van der Waals surface area contributed by atoms with Crippen LogP contribution in [0.25, 0.3) is 66.8 Å². The summed E-state index contributed by atoms with van der Waals surface area (Å²) in [6.07, 6.45) is 29.2. The summed E-state index contributed by atoms with van der Waals surface area (Å²) in [4.78, 5) is 45.8. The van der Waals surface area contributed by atoms with Gasteiger partial charge in [-0.05, 0) is 282 Å². The minimum Gasteiger partial charge on any atom is -0.494 e. The highest BCUT2D eigenvalue weighted by Gasteiger charge is 2.17. The molecule has 12 aromatic carbocycles. The minimum absolute atomic E-state index is 0.137. The Balaban J connectivity index is 0.000000222. The molecule has 2 N–H and O–H groups in total. The van der Waals surface area contributed by atoms with E-state index in [0.717, 1.165) is 150 Å². The first-order valence-electron chi connectivity index (χ1n) is 50.2. The van der Waals surface area contributed by atoms with Gasteiger partial charge in [-0.15, -0.1) is 0 Å². The third kappa shape index (κ3) is 39.9. The van der Waals surface area contributed by atoms with E-state index in [-0.39, 0.29) is 43.3 Å². The van der Waals surface area contributed by atoms with Crippen LogP contribution < -0.4 is 23.7 Å². The van der Waals surface area contributed by atoms with Gasteiger partial charge in [-0.1, -0.05) is 351 Å². The van der Waals surface area contributed by atoms with Crippen molar-refractivity contribution in [2.45, 2.75) is 224 Å². The molecule has 0 aliphatic carbocycles. The number of aliphatic hydroxyl groups is 2. The van der Waals surface area contributed by atoms with Gasteiger partial charge in [0.2, 0.25) is 0 Å². The molecule has 2 unspecified atom stereocenters. The van der Waals surface area contributed by atoms with Crippen molar-refractivity contribution >= 4 is 23.9 Å². The van der Waals surface area contributed by atoms with Crippen LogP contribution in [0.1, 0.15) is 215 Å². The smallest absolute Gasteiger partial charge is 0.338 e. The van der Waals surface area contributed by atoms with Crippen molar-refractivity contribution in [2.24, 2.45) is 11.8 Å². The number of carbonyl (C=O) groups is 4. The Hall–Kier alpha value is -13.6. The summed E-state index contributed by atoms with van der Waals surface area (Å²) in [6, 6.07) is 88.9. The fraction of sp³-hybridized carbons (Fsp3) is 0.317. The maximum absolute atomic E-state index is 14.9. The van der Waals surface area contributed by atoms with Crippen LogP contribution in [-0.2, 0) is 73.8 Å². The second kappa shape index (κ2) is 63.2. The average Bonchev–Trinajstić information content (AvgIpc) is 0.823. The molecule has 0 radical (unpaired) electrons. The summed E-state index contributed by atoms with van der Waals surface area (Å²) in [5, 5.41) is 18.7. The quantitative estimate of drug-likeness (QED) is 0.0121. The molecule has 0 fully saturated rings. The van der Waals surface area contributed by atoms with E-state index in [4.69, 9.17) is 33.2 Å². The third-order valence-electron chi connectivity index (χ3n) is 24.4. The van der Waals surface area contributed by atoms with Crippen molar-refractivity contribution in [3.05, 3.63) is 391 Å². The van der Waals surface area contributed by atoms with E-state index >= 15 is 0 Å². The number of carbonyl (C=O) groups excluding carboxylic acids is 4. The second-order valence-corrected chi connectivity index (χ2v) is 35.6. The maximum Gasteiger partial charge on any atom is 0.338 e. The molecule has 0 spiro atoms. The van der Waals surface area contributed by atoms with Gasteiger partial charge in [0.25, 0.3) is 0 Å². The van der Waals surface area contributed by atoms with Gasteiger partial charge in [-0.3, -0.25) is 0 Å². The molecular formula is C126H146F2O13. The van der Waals surface area contributed by atoms with Crippen molar-refractivity contribution in [2.75, 3.05) is 26.4 Å². The van der Waals surface area contributed by atoms with Crippen LogP contribution >= 0.6 is 0 Å². The van der Waals surface area contributed by atoms with E-state index < -0.39 is 17.9 Å². The van der Waals surface area contributed by atoms with Crippen LogP contribution in [0.4, 0.5) is 8.78 Å². The average molecular weight is 1910 g/mol. The molecule has 12 aromatic rings. The number of hydrogen-bond acceptors (Lipinski definition) is 13. The summed E-state index contributed by atoms with van der Waals surface area (Å²) in [7, 11) is 0. The van der Waals surface area contributed by atoms with Gasteiger partial charge in [0.15, 0.2) is 11.5 Å². The monoisotopic (exact) mass is 1910 g/mol. The zero-order valence-electron chi connectivity index (χ0n) is 84.6. The first-order chi connectivity index (χ1) is 68.4. The predicted octanol–water partition coefficient (Wildman–Crippen LogP) is 31.8. The number of unbranched alkanes of at least 4 members (excludes halogenated alkanes) is 7. The largest absolute Gasteiger partial charge is 0.494 e. The Bertz CT molecular complexity index is 5830. The normalized spacial score (nSPS) is 11.1. The summed E-state index contributed by atoms with van der Waals surface area (Å²) < 4.78 is 66.6. The summed E-state index contributed by atoms with van der Waals surface area (Å²) in [5.41, 5.74) is 23.2. The van der Waals surface area contributed by atoms with E-state index in [1.165, 1.54) is 127 Å². The van der Waals surface area contributed by atoms with Gasteiger partial charge in [-0.2, -0.15) is 0 Å². The van der Waals surface area contributed by atoms with E-state index in [0.29, 0.717) is 70.8 Å². The van der Waals surface area contributed by atoms with Gasteiger partial charge in [0.1, 0.15) is 48.0 Å². The summed E-state index contributed by atoms with van der Waals surface area (Å²) in [6.45, 7) is 36.0. The van der Waals surface area contributed by atoms with E-state index in [1.54, 1.807) is 44.2 Å². The Kier molecular flexibility index (Phi) is 50.5. The lowest BCUT2D eigenvalue weighted by molar-refractivity contribution is -0.140.